The molecule has 0 spiro atoms. The van der Waals surface area contributed by atoms with E-state index in [0.717, 1.165) is 5.56 Å². The number of ether oxygens (including phenoxy) is 2. The van der Waals surface area contributed by atoms with Crippen molar-refractivity contribution in [3.8, 4) is 17.2 Å². The molecule has 0 radical (unpaired) electrons. The molecule has 2 N–H and O–H groups in total. The monoisotopic (exact) mass is 487 g/mol. The van der Waals surface area contributed by atoms with Crippen molar-refractivity contribution in [2.24, 2.45) is 0 Å². The normalized spacial score (nSPS) is 17.0. The maximum atomic E-state index is 13.4. The molecule has 3 aromatic rings. The average molecular weight is 488 g/mol. The molecule has 0 aromatic heterocycles. The van der Waals surface area contributed by atoms with E-state index in [1.54, 1.807) is 55.5 Å². The number of hydrogen-bond acceptors (Lipinski definition) is 6. The van der Waals surface area contributed by atoms with Gasteiger partial charge in [0.15, 0.2) is 11.5 Å². The molecular formula is C29H29NO6. The van der Waals surface area contributed by atoms with E-state index in [9.17, 15) is 19.8 Å². The number of carbonyl (C=O) groups excluding carboxylic acids is 2. The zero-order valence-corrected chi connectivity index (χ0v) is 20.7. The molecule has 7 nitrogen and oxygen atoms in total. The molecule has 1 heterocycles. The summed E-state index contributed by atoms with van der Waals surface area (Å²) in [6.45, 7) is 6.25. The number of methoxy groups -OCH3 is 1. The minimum Gasteiger partial charge on any atom is -0.507 e. The Bertz CT molecular complexity index is 1310. The van der Waals surface area contributed by atoms with Gasteiger partial charge in [0, 0.05) is 11.3 Å². The minimum atomic E-state index is -0.934. The number of aromatic hydroxyl groups is 1. The van der Waals surface area contributed by atoms with Crippen LogP contribution in [0.4, 0.5) is 5.69 Å². The number of amides is 1. The summed E-state index contributed by atoms with van der Waals surface area (Å²) in [5, 5.41) is 21.5. The van der Waals surface area contributed by atoms with Crippen LogP contribution in [0.1, 0.15) is 49.4 Å². The Balaban J connectivity index is 1.92. The van der Waals surface area contributed by atoms with Crippen molar-refractivity contribution in [1.29, 1.82) is 0 Å². The second kappa shape index (κ2) is 10.2. The molecule has 7 heteroatoms. The zero-order valence-electron chi connectivity index (χ0n) is 20.7. The maximum Gasteiger partial charge on any atom is 0.300 e. The van der Waals surface area contributed by atoms with Crippen molar-refractivity contribution in [3.05, 3.63) is 89.0 Å². The van der Waals surface area contributed by atoms with Gasteiger partial charge in [-0.3, -0.25) is 14.5 Å². The van der Waals surface area contributed by atoms with Gasteiger partial charge in [-0.15, -0.1) is 0 Å². The summed E-state index contributed by atoms with van der Waals surface area (Å²) in [5.41, 5.74) is 2.45. The summed E-state index contributed by atoms with van der Waals surface area (Å²) in [5.74, 6) is -0.798. The number of anilines is 1. The van der Waals surface area contributed by atoms with Crippen LogP contribution >= 0.6 is 0 Å². The highest BCUT2D eigenvalue weighted by molar-refractivity contribution is 6.51. The third-order valence-corrected chi connectivity index (χ3v) is 6.25. The van der Waals surface area contributed by atoms with Crippen LogP contribution in [0.5, 0.6) is 17.2 Å². The third kappa shape index (κ3) is 4.52. The SMILES string of the molecule is CCOc1cc(C2/C(=C(/O)c3ccc(OC)cc3)C(=O)C(=O)N2c2ccc(C(C)C)cc2)ccc1O. The van der Waals surface area contributed by atoms with Gasteiger partial charge in [0.05, 0.1) is 25.3 Å². The molecule has 0 bridgehead atoms. The van der Waals surface area contributed by atoms with E-state index in [1.807, 2.05) is 12.1 Å². The van der Waals surface area contributed by atoms with Gasteiger partial charge in [0.1, 0.15) is 11.5 Å². The van der Waals surface area contributed by atoms with Gasteiger partial charge >= 0.3 is 0 Å². The largest absolute Gasteiger partial charge is 0.507 e. The molecule has 3 aromatic carbocycles. The topological polar surface area (TPSA) is 96.3 Å². The molecule has 1 saturated heterocycles. The Morgan fingerprint density at radius 3 is 2.25 bits per heavy atom. The van der Waals surface area contributed by atoms with Crippen molar-refractivity contribution in [1.82, 2.24) is 0 Å². The number of Topliss-reactive ketones (excluding diaryl/α,β-unsaturated/α-hetero) is 1. The van der Waals surface area contributed by atoms with Crippen LogP contribution in [0.2, 0.25) is 0 Å². The summed E-state index contributed by atoms with van der Waals surface area (Å²) < 4.78 is 10.7. The standard InChI is InChI=1S/C29H29NO6/c1-5-36-24-16-20(10-15-23(24)31)26-25(27(32)19-8-13-22(35-4)14-9-19)28(33)29(34)30(26)21-11-6-18(7-12-21)17(2)3/h6-17,26,31-32H,5H2,1-4H3/b27-25-. The van der Waals surface area contributed by atoms with Gasteiger partial charge in [0.2, 0.25) is 0 Å². The Hall–Kier alpha value is -4.26. The van der Waals surface area contributed by atoms with E-state index in [1.165, 1.54) is 18.1 Å². The lowest BCUT2D eigenvalue weighted by Crippen LogP contribution is -2.29. The fourth-order valence-corrected chi connectivity index (χ4v) is 4.31. The molecule has 1 aliphatic heterocycles. The number of ketones is 1. The number of rotatable bonds is 7. The summed E-state index contributed by atoms with van der Waals surface area (Å²) >= 11 is 0. The average Bonchev–Trinajstić information content (AvgIpc) is 3.15. The molecular weight excluding hydrogens is 458 g/mol. The lowest BCUT2D eigenvalue weighted by atomic mass is 9.94. The number of phenols is 1. The van der Waals surface area contributed by atoms with E-state index in [-0.39, 0.29) is 22.8 Å². The Labute approximate surface area is 210 Å². The van der Waals surface area contributed by atoms with Gasteiger partial charge in [-0.2, -0.15) is 0 Å². The van der Waals surface area contributed by atoms with E-state index < -0.39 is 17.7 Å². The molecule has 1 aliphatic rings. The molecule has 1 unspecified atom stereocenters. The molecule has 0 aliphatic carbocycles. The van der Waals surface area contributed by atoms with Crippen molar-refractivity contribution < 1.29 is 29.3 Å². The highest BCUT2D eigenvalue weighted by atomic mass is 16.5. The van der Waals surface area contributed by atoms with Gasteiger partial charge in [-0.05, 0) is 72.5 Å². The van der Waals surface area contributed by atoms with Crippen molar-refractivity contribution >= 4 is 23.1 Å². The highest BCUT2D eigenvalue weighted by Gasteiger charge is 2.47. The van der Waals surface area contributed by atoms with Crippen molar-refractivity contribution in [3.63, 3.8) is 0 Å². The first-order chi connectivity index (χ1) is 17.3. The Morgan fingerprint density at radius 1 is 1.00 bits per heavy atom. The summed E-state index contributed by atoms with van der Waals surface area (Å²) in [7, 11) is 1.53. The van der Waals surface area contributed by atoms with Gasteiger partial charge in [0.25, 0.3) is 11.7 Å². The van der Waals surface area contributed by atoms with Crippen LogP contribution < -0.4 is 14.4 Å². The van der Waals surface area contributed by atoms with Crippen LogP contribution in [0.15, 0.2) is 72.3 Å². The molecule has 0 saturated carbocycles. The molecule has 1 atom stereocenters. The molecule has 1 fully saturated rings. The van der Waals surface area contributed by atoms with E-state index in [0.29, 0.717) is 35.1 Å². The first-order valence-corrected chi connectivity index (χ1v) is 11.8. The first kappa shape index (κ1) is 24.9. The second-order valence-electron chi connectivity index (χ2n) is 8.80. The van der Waals surface area contributed by atoms with E-state index in [4.69, 9.17) is 9.47 Å². The Morgan fingerprint density at radius 2 is 1.67 bits per heavy atom. The number of carbonyl (C=O) groups is 2. The number of nitrogens with zero attached hydrogens (tertiary/aromatic N) is 1. The number of aliphatic hydroxyl groups excluding tert-OH is 1. The fraction of sp³-hybridized carbons (Fsp3) is 0.241. The number of aliphatic hydroxyl groups is 1. The van der Waals surface area contributed by atoms with Crippen molar-refractivity contribution in [2.75, 3.05) is 18.6 Å². The quantitative estimate of drug-likeness (QED) is 0.258. The van der Waals surface area contributed by atoms with E-state index in [2.05, 4.69) is 13.8 Å². The Kier molecular flexibility index (Phi) is 7.01. The van der Waals surface area contributed by atoms with Crippen LogP contribution in [0.3, 0.4) is 0 Å². The molecule has 36 heavy (non-hydrogen) atoms. The molecule has 4 rings (SSSR count). The lowest BCUT2D eigenvalue weighted by Gasteiger charge is -2.26. The van der Waals surface area contributed by atoms with Gasteiger partial charge in [-0.1, -0.05) is 32.0 Å². The van der Waals surface area contributed by atoms with Crippen LogP contribution in [-0.2, 0) is 9.59 Å². The lowest BCUT2D eigenvalue weighted by molar-refractivity contribution is -0.132. The number of hydrogen-bond donors (Lipinski definition) is 2. The van der Waals surface area contributed by atoms with Crippen LogP contribution in [0, 0.1) is 0 Å². The van der Waals surface area contributed by atoms with Crippen molar-refractivity contribution in [2.45, 2.75) is 32.7 Å². The second-order valence-corrected chi connectivity index (χ2v) is 8.80. The first-order valence-electron chi connectivity index (χ1n) is 11.8. The fourth-order valence-electron chi connectivity index (χ4n) is 4.31. The number of phenolic OH excluding ortho intramolecular Hbond substituents is 1. The highest BCUT2D eigenvalue weighted by Crippen LogP contribution is 2.44. The smallest absolute Gasteiger partial charge is 0.300 e. The maximum absolute atomic E-state index is 13.4. The third-order valence-electron chi connectivity index (χ3n) is 6.25. The zero-order chi connectivity index (χ0) is 26.0. The van der Waals surface area contributed by atoms with E-state index >= 15 is 0 Å². The predicted octanol–water partition coefficient (Wildman–Crippen LogP) is 5.55. The van der Waals surface area contributed by atoms with Gasteiger partial charge in [-0.25, -0.2) is 0 Å². The number of benzene rings is 3. The summed E-state index contributed by atoms with van der Waals surface area (Å²) in [6.07, 6.45) is 0. The van der Waals surface area contributed by atoms with Crippen LogP contribution in [-0.4, -0.2) is 35.6 Å². The summed E-state index contributed by atoms with van der Waals surface area (Å²) in [4.78, 5) is 28.1. The predicted molar refractivity (Wildman–Crippen MR) is 138 cm³/mol. The minimum absolute atomic E-state index is 0.0498. The van der Waals surface area contributed by atoms with Crippen LogP contribution in [0.25, 0.3) is 5.76 Å². The summed E-state index contributed by atoms with van der Waals surface area (Å²) in [6, 6.07) is 17.7. The molecule has 186 valence electrons. The molecule has 1 amide bonds. The van der Waals surface area contributed by atoms with Gasteiger partial charge < -0.3 is 19.7 Å².